The highest BCUT2D eigenvalue weighted by molar-refractivity contribution is 5.98. The Kier molecular flexibility index (Phi) is 5.74. The molecule has 0 saturated carbocycles. The Balaban J connectivity index is 4.50. The number of carbonyl (C=O) groups is 1. The van der Waals surface area contributed by atoms with Gasteiger partial charge in [0, 0.05) is 4.99 Å². The minimum Gasteiger partial charge on any atom is -0.479 e. The molecule has 0 aromatic rings. The average molecular weight is 198 g/mol. The van der Waals surface area contributed by atoms with E-state index in [1.807, 2.05) is 0 Å². The molecule has 0 aromatic heterocycles. The molecule has 1 atom stereocenters. The molecule has 0 aliphatic carbocycles. The van der Waals surface area contributed by atoms with E-state index in [9.17, 15) is 4.79 Å². The van der Waals surface area contributed by atoms with E-state index in [1.165, 1.54) is 0 Å². The number of nitrogens with two attached hydrogens (primary N) is 1. The summed E-state index contributed by atoms with van der Waals surface area (Å²) in [5.41, 5.74) is 0.344. The van der Waals surface area contributed by atoms with Crippen LogP contribution in [0.5, 0.6) is 0 Å². The summed E-state index contributed by atoms with van der Waals surface area (Å²) in [6, 6.07) is 0. The second-order valence-corrected chi connectivity index (χ2v) is 2.39. The Labute approximate surface area is 81.2 Å². The van der Waals surface area contributed by atoms with Crippen LogP contribution >= 0.6 is 0 Å². The van der Waals surface area contributed by atoms with Crippen molar-refractivity contribution in [1.29, 1.82) is 0 Å². The standard InChI is InChI=1S/C8H11N3O3/c1-2-3-6(10-5-11-9)4-7(12)8(13)14/h2-3,7,12H,4,9H2,1H3/p+1. The zero-order valence-corrected chi connectivity index (χ0v) is 7.71. The second-order valence-electron chi connectivity index (χ2n) is 2.39. The molecule has 6 nitrogen and oxygen atoms in total. The summed E-state index contributed by atoms with van der Waals surface area (Å²) in [5.74, 6) is 3.47. The summed E-state index contributed by atoms with van der Waals surface area (Å²) in [6.07, 6.45) is 3.73. The van der Waals surface area contributed by atoms with E-state index in [4.69, 9.17) is 16.1 Å². The number of nitrogens with zero attached hydrogens (tertiary/aromatic N) is 2. The maximum Gasteiger partial charge on any atom is 0.458 e. The molecule has 0 bridgehead atoms. The number of carboxylic acids is 1. The zero-order chi connectivity index (χ0) is 11.0. The van der Waals surface area contributed by atoms with Crippen LogP contribution in [0.2, 0.25) is 0 Å². The number of allylic oxidation sites excluding steroid dienone is 2. The van der Waals surface area contributed by atoms with Gasteiger partial charge in [0.05, 0.1) is 6.42 Å². The number of hydrogen-bond acceptors (Lipinski definition) is 4. The molecule has 0 aliphatic heterocycles. The molecule has 14 heavy (non-hydrogen) atoms. The van der Waals surface area contributed by atoms with Gasteiger partial charge in [0.25, 0.3) is 0 Å². The van der Waals surface area contributed by atoms with Crippen molar-refractivity contribution in [3.63, 3.8) is 0 Å². The number of rotatable bonds is 4. The maximum atomic E-state index is 10.3. The third-order valence-electron chi connectivity index (χ3n) is 1.30. The van der Waals surface area contributed by atoms with Gasteiger partial charge in [-0.15, -0.1) is 0 Å². The highest BCUT2D eigenvalue weighted by Crippen LogP contribution is 1.97. The van der Waals surface area contributed by atoms with Crippen molar-refractivity contribution in [1.82, 2.24) is 0 Å². The molecule has 76 valence electrons. The summed E-state index contributed by atoms with van der Waals surface area (Å²) >= 11 is 0. The minimum atomic E-state index is -1.48. The summed E-state index contributed by atoms with van der Waals surface area (Å²) in [5, 5.41) is 17.4. The zero-order valence-electron chi connectivity index (χ0n) is 7.71. The largest absolute Gasteiger partial charge is 0.479 e. The first-order valence-corrected chi connectivity index (χ1v) is 3.86. The fraction of sp³-hybridized carbons (Fsp3) is 0.375. The third-order valence-corrected chi connectivity index (χ3v) is 1.30. The van der Waals surface area contributed by atoms with Gasteiger partial charge in [-0.25, -0.2) is 4.79 Å². The quantitative estimate of drug-likeness (QED) is 0.256. The van der Waals surface area contributed by atoms with Crippen molar-refractivity contribution >= 4 is 11.7 Å². The Bertz CT molecular complexity index is 312. The number of aliphatic carboxylic acids is 1. The van der Waals surface area contributed by atoms with Gasteiger partial charge in [0.1, 0.15) is 0 Å². The SMILES string of the molecule is CC=CC(CC(O)C(=O)O)=NC#[N+]N. The van der Waals surface area contributed by atoms with Gasteiger partial charge in [0.2, 0.25) is 0 Å². The van der Waals surface area contributed by atoms with Crippen LogP contribution in [0.4, 0.5) is 0 Å². The summed E-state index contributed by atoms with van der Waals surface area (Å²) in [6.45, 7) is 1.74. The van der Waals surface area contributed by atoms with Gasteiger partial charge < -0.3 is 10.2 Å². The normalized spacial score (nSPS) is 13.4. The number of hydrogen-bond donors (Lipinski definition) is 3. The third kappa shape index (κ3) is 4.90. The molecule has 6 heteroatoms. The fourth-order valence-corrected chi connectivity index (χ4v) is 0.722. The van der Waals surface area contributed by atoms with Gasteiger partial charge in [-0.05, 0) is 13.0 Å². The first-order chi connectivity index (χ1) is 6.61. The monoisotopic (exact) mass is 198 g/mol. The topological polar surface area (TPSA) is 100 Å². The molecule has 0 saturated heterocycles. The van der Waals surface area contributed by atoms with Crippen LogP contribution in [0.3, 0.4) is 0 Å². The first-order valence-electron chi connectivity index (χ1n) is 3.86. The van der Waals surface area contributed by atoms with Gasteiger partial charge in [-0.3, -0.25) is 0 Å². The number of aliphatic hydroxyl groups is 1. The predicted molar refractivity (Wildman–Crippen MR) is 51.9 cm³/mol. The lowest BCUT2D eigenvalue weighted by Gasteiger charge is -1.99. The van der Waals surface area contributed by atoms with E-state index < -0.39 is 12.1 Å². The molecule has 0 aliphatic rings. The van der Waals surface area contributed by atoms with Crippen molar-refractivity contribution in [2.75, 3.05) is 0 Å². The predicted octanol–water partition coefficient (Wildman–Crippen LogP) is 0.00320. The van der Waals surface area contributed by atoms with Crippen molar-refractivity contribution in [2.24, 2.45) is 10.8 Å². The molecule has 0 radical (unpaired) electrons. The summed E-state index contributed by atoms with van der Waals surface area (Å²) in [7, 11) is 0. The molecule has 0 spiro atoms. The number of aliphatic imine (C=N–C) groups is 1. The van der Waals surface area contributed by atoms with Crippen LogP contribution in [-0.2, 0) is 4.79 Å². The van der Waals surface area contributed by atoms with Crippen LogP contribution in [0.1, 0.15) is 13.3 Å². The second kappa shape index (κ2) is 6.62. The van der Waals surface area contributed by atoms with E-state index in [0.29, 0.717) is 5.71 Å². The van der Waals surface area contributed by atoms with E-state index in [0.717, 1.165) is 0 Å². The average Bonchev–Trinajstić information content (AvgIpc) is 2.14. The van der Waals surface area contributed by atoms with Crippen LogP contribution in [0, 0.1) is 6.19 Å². The van der Waals surface area contributed by atoms with Crippen molar-refractivity contribution in [2.45, 2.75) is 19.4 Å². The molecular formula is C8H12N3O3+. The summed E-state index contributed by atoms with van der Waals surface area (Å²) in [4.78, 5) is 16.9. The Hall–Kier alpha value is -1.87. The minimum absolute atomic E-state index is 0.109. The van der Waals surface area contributed by atoms with E-state index in [2.05, 4.69) is 16.1 Å². The van der Waals surface area contributed by atoms with Gasteiger partial charge in [0.15, 0.2) is 11.8 Å². The molecule has 0 rings (SSSR count). The Morgan fingerprint density at radius 2 is 2.43 bits per heavy atom. The van der Waals surface area contributed by atoms with E-state index in [-0.39, 0.29) is 6.42 Å². The molecule has 4 N–H and O–H groups in total. The number of aliphatic hydroxyl groups excluding tert-OH is 1. The van der Waals surface area contributed by atoms with Crippen LogP contribution in [0.15, 0.2) is 17.1 Å². The lowest BCUT2D eigenvalue weighted by molar-refractivity contribution is -0.146. The van der Waals surface area contributed by atoms with Crippen molar-refractivity contribution in [3.8, 4) is 6.19 Å². The van der Waals surface area contributed by atoms with Gasteiger partial charge in [-0.2, -0.15) is 5.84 Å². The van der Waals surface area contributed by atoms with Crippen LogP contribution in [-0.4, -0.2) is 28.0 Å². The Morgan fingerprint density at radius 1 is 1.79 bits per heavy atom. The summed E-state index contributed by atoms with van der Waals surface area (Å²) < 4.78 is 0. The lowest BCUT2D eigenvalue weighted by atomic mass is 10.1. The molecule has 0 fully saturated rings. The number of carboxylic acid groups (broad SMARTS) is 1. The van der Waals surface area contributed by atoms with Crippen molar-refractivity contribution < 1.29 is 15.0 Å². The van der Waals surface area contributed by atoms with Crippen LogP contribution < -0.4 is 5.84 Å². The molecule has 1 unspecified atom stereocenters. The smallest absolute Gasteiger partial charge is 0.458 e. The van der Waals surface area contributed by atoms with Gasteiger partial charge in [-0.1, -0.05) is 11.0 Å². The fourth-order valence-electron chi connectivity index (χ4n) is 0.722. The maximum absolute atomic E-state index is 10.3. The molecular weight excluding hydrogens is 186 g/mol. The van der Waals surface area contributed by atoms with Crippen LogP contribution in [0.25, 0.3) is 4.95 Å². The van der Waals surface area contributed by atoms with E-state index >= 15 is 0 Å². The Morgan fingerprint density at radius 3 is 2.86 bits per heavy atom. The highest BCUT2D eigenvalue weighted by Gasteiger charge is 2.17. The lowest BCUT2D eigenvalue weighted by Crippen LogP contribution is -2.22. The first kappa shape index (κ1) is 12.1. The molecule has 0 aromatic carbocycles. The highest BCUT2D eigenvalue weighted by atomic mass is 16.4. The molecule has 0 heterocycles. The van der Waals surface area contributed by atoms with Gasteiger partial charge >= 0.3 is 12.2 Å². The van der Waals surface area contributed by atoms with Crippen molar-refractivity contribution in [3.05, 3.63) is 17.1 Å². The molecule has 0 amide bonds. The van der Waals surface area contributed by atoms with E-state index in [1.54, 1.807) is 19.1 Å².